The Bertz CT molecular complexity index is 572. The smallest absolute Gasteiger partial charge is 0.219 e. The first-order valence-corrected chi connectivity index (χ1v) is 8.75. The van der Waals surface area contributed by atoms with Crippen LogP contribution in [0.3, 0.4) is 0 Å². The molecule has 0 spiro atoms. The SMILES string of the molecule is CCCC[C@H]1[C@H]([N+](=O)[O-])[C@@H](CC(=O)c2ccccc2)CC[C@H]1C=O. The molecule has 0 heterocycles. The van der Waals surface area contributed by atoms with E-state index in [4.69, 9.17) is 0 Å². The van der Waals surface area contributed by atoms with Gasteiger partial charge in [0.2, 0.25) is 6.04 Å². The summed E-state index contributed by atoms with van der Waals surface area (Å²) in [5.41, 5.74) is 0.599. The third kappa shape index (κ3) is 4.28. The van der Waals surface area contributed by atoms with Crippen LogP contribution in [-0.4, -0.2) is 23.0 Å². The van der Waals surface area contributed by atoms with Gasteiger partial charge in [-0.05, 0) is 19.3 Å². The molecule has 5 heteroatoms. The number of carbonyl (C=O) groups excluding carboxylic acids is 2. The van der Waals surface area contributed by atoms with Crippen molar-refractivity contribution in [2.45, 2.75) is 51.5 Å². The number of hydrogen-bond donors (Lipinski definition) is 0. The Morgan fingerprint density at radius 1 is 1.29 bits per heavy atom. The van der Waals surface area contributed by atoms with E-state index in [0.717, 1.165) is 19.1 Å². The van der Waals surface area contributed by atoms with Gasteiger partial charge in [0.15, 0.2) is 5.78 Å². The van der Waals surface area contributed by atoms with Crippen LogP contribution in [0.4, 0.5) is 0 Å². The Kier molecular flexibility index (Phi) is 6.64. The molecule has 1 aromatic carbocycles. The number of nitrogens with zero attached hydrogens (tertiary/aromatic N) is 1. The summed E-state index contributed by atoms with van der Waals surface area (Å²) in [6.07, 6.45) is 4.78. The first-order valence-electron chi connectivity index (χ1n) is 8.75. The summed E-state index contributed by atoms with van der Waals surface area (Å²) in [5.74, 6) is -0.841. The number of carbonyl (C=O) groups is 2. The fourth-order valence-electron chi connectivity index (χ4n) is 3.92. The predicted molar refractivity (Wildman–Crippen MR) is 91.5 cm³/mol. The number of benzene rings is 1. The molecule has 1 fully saturated rings. The quantitative estimate of drug-likeness (QED) is 0.313. The van der Waals surface area contributed by atoms with Gasteiger partial charge in [0.25, 0.3) is 0 Å². The van der Waals surface area contributed by atoms with E-state index in [1.54, 1.807) is 24.3 Å². The third-order valence-corrected chi connectivity index (χ3v) is 5.19. The van der Waals surface area contributed by atoms with Gasteiger partial charge in [-0.1, -0.05) is 50.1 Å². The fraction of sp³-hybridized carbons (Fsp3) is 0.579. The number of aldehydes is 1. The van der Waals surface area contributed by atoms with E-state index < -0.39 is 6.04 Å². The summed E-state index contributed by atoms with van der Waals surface area (Å²) in [6.45, 7) is 2.04. The molecular formula is C19H25NO4. The molecule has 0 radical (unpaired) electrons. The van der Waals surface area contributed by atoms with Crippen molar-refractivity contribution in [3.05, 3.63) is 46.0 Å². The molecule has 130 valence electrons. The second-order valence-corrected chi connectivity index (χ2v) is 6.71. The minimum absolute atomic E-state index is 0.0498. The maximum Gasteiger partial charge on any atom is 0.219 e. The first-order chi connectivity index (χ1) is 11.6. The highest BCUT2D eigenvalue weighted by Crippen LogP contribution is 2.39. The summed E-state index contributed by atoms with van der Waals surface area (Å²) < 4.78 is 0. The summed E-state index contributed by atoms with van der Waals surface area (Å²) in [5, 5.41) is 11.7. The number of hydrogen-bond acceptors (Lipinski definition) is 4. The van der Waals surface area contributed by atoms with E-state index in [9.17, 15) is 19.7 Å². The number of Topliss-reactive ketones (excluding diaryl/α,β-unsaturated/α-hetero) is 1. The zero-order chi connectivity index (χ0) is 17.5. The van der Waals surface area contributed by atoms with Crippen LogP contribution >= 0.6 is 0 Å². The van der Waals surface area contributed by atoms with Crippen LogP contribution < -0.4 is 0 Å². The lowest BCUT2D eigenvalue weighted by Gasteiger charge is -2.35. The number of rotatable bonds is 8. The van der Waals surface area contributed by atoms with E-state index in [2.05, 4.69) is 0 Å². The van der Waals surface area contributed by atoms with E-state index in [1.807, 2.05) is 13.0 Å². The fourth-order valence-corrected chi connectivity index (χ4v) is 3.92. The van der Waals surface area contributed by atoms with Crippen LogP contribution in [0.2, 0.25) is 0 Å². The van der Waals surface area contributed by atoms with E-state index in [1.165, 1.54) is 0 Å². The lowest BCUT2D eigenvalue weighted by atomic mass is 9.68. The van der Waals surface area contributed by atoms with Crippen LogP contribution in [0, 0.1) is 27.9 Å². The Balaban J connectivity index is 2.17. The van der Waals surface area contributed by atoms with Crippen molar-refractivity contribution in [3.63, 3.8) is 0 Å². The Labute approximate surface area is 142 Å². The molecule has 0 unspecified atom stereocenters. The Hall–Kier alpha value is -2.04. The molecule has 2 rings (SSSR count). The van der Waals surface area contributed by atoms with Gasteiger partial charge in [-0.2, -0.15) is 0 Å². The van der Waals surface area contributed by atoms with Gasteiger partial charge in [0.05, 0.1) is 0 Å². The molecule has 4 atom stereocenters. The highest BCUT2D eigenvalue weighted by Gasteiger charge is 2.46. The lowest BCUT2D eigenvalue weighted by molar-refractivity contribution is -0.546. The molecule has 1 aromatic rings. The molecule has 0 bridgehead atoms. The van der Waals surface area contributed by atoms with Crippen molar-refractivity contribution in [2.75, 3.05) is 0 Å². The zero-order valence-electron chi connectivity index (χ0n) is 14.1. The van der Waals surface area contributed by atoms with E-state index >= 15 is 0 Å². The van der Waals surface area contributed by atoms with Crippen molar-refractivity contribution in [1.29, 1.82) is 0 Å². The molecule has 0 amide bonds. The maximum absolute atomic E-state index is 12.5. The second kappa shape index (κ2) is 8.71. The normalized spacial score (nSPS) is 26.7. The lowest BCUT2D eigenvalue weighted by Crippen LogP contribution is -2.45. The molecule has 1 saturated carbocycles. The molecule has 0 N–H and O–H groups in total. The zero-order valence-corrected chi connectivity index (χ0v) is 14.1. The average Bonchev–Trinajstić information content (AvgIpc) is 2.60. The standard InChI is InChI=1S/C19H25NO4/c1-2-3-9-17-16(13-21)11-10-15(19(17)20(23)24)12-18(22)14-7-5-4-6-8-14/h4-8,13,15-17,19H,2-3,9-12H2,1H3/t15-,16+,17-,19-/m1/s1. The number of ketones is 1. The van der Waals surface area contributed by atoms with Gasteiger partial charge in [0, 0.05) is 34.7 Å². The van der Waals surface area contributed by atoms with Crippen LogP contribution in [0.25, 0.3) is 0 Å². The molecule has 5 nitrogen and oxygen atoms in total. The summed E-state index contributed by atoms with van der Waals surface area (Å²) in [4.78, 5) is 35.3. The van der Waals surface area contributed by atoms with Crippen LogP contribution in [0.1, 0.15) is 55.8 Å². The largest absolute Gasteiger partial charge is 0.303 e. The molecule has 1 aliphatic rings. The monoisotopic (exact) mass is 331 g/mol. The highest BCUT2D eigenvalue weighted by molar-refractivity contribution is 5.96. The maximum atomic E-state index is 12.5. The first kappa shape index (κ1) is 18.3. The minimum Gasteiger partial charge on any atom is -0.303 e. The molecule has 0 aromatic heterocycles. The van der Waals surface area contributed by atoms with Crippen molar-refractivity contribution in [3.8, 4) is 0 Å². The van der Waals surface area contributed by atoms with Crippen molar-refractivity contribution in [1.82, 2.24) is 0 Å². The van der Waals surface area contributed by atoms with Gasteiger partial charge in [0.1, 0.15) is 6.29 Å². The molecule has 0 aliphatic heterocycles. The number of unbranched alkanes of at least 4 members (excludes halogenated alkanes) is 1. The molecule has 0 saturated heterocycles. The predicted octanol–water partition coefficient (Wildman–Crippen LogP) is 3.94. The van der Waals surface area contributed by atoms with Crippen molar-refractivity contribution >= 4 is 12.1 Å². The highest BCUT2D eigenvalue weighted by atomic mass is 16.6. The molecular weight excluding hydrogens is 306 g/mol. The number of nitro groups is 1. The van der Waals surface area contributed by atoms with Crippen LogP contribution in [0.5, 0.6) is 0 Å². The van der Waals surface area contributed by atoms with E-state index in [0.29, 0.717) is 24.8 Å². The van der Waals surface area contributed by atoms with Gasteiger partial charge in [-0.3, -0.25) is 14.9 Å². The van der Waals surface area contributed by atoms with Gasteiger partial charge in [-0.25, -0.2) is 0 Å². The second-order valence-electron chi connectivity index (χ2n) is 6.71. The topological polar surface area (TPSA) is 77.3 Å². The van der Waals surface area contributed by atoms with Gasteiger partial charge >= 0.3 is 0 Å². The van der Waals surface area contributed by atoms with E-state index in [-0.39, 0.29) is 34.9 Å². The van der Waals surface area contributed by atoms with Crippen molar-refractivity contribution < 1.29 is 14.5 Å². The summed E-state index contributed by atoms with van der Waals surface area (Å²) >= 11 is 0. The Morgan fingerprint density at radius 2 is 2.00 bits per heavy atom. The Morgan fingerprint density at radius 3 is 2.58 bits per heavy atom. The van der Waals surface area contributed by atoms with Gasteiger partial charge < -0.3 is 4.79 Å². The van der Waals surface area contributed by atoms with Crippen LogP contribution in [-0.2, 0) is 4.79 Å². The molecule has 1 aliphatic carbocycles. The summed E-state index contributed by atoms with van der Waals surface area (Å²) in [7, 11) is 0. The molecule has 24 heavy (non-hydrogen) atoms. The van der Waals surface area contributed by atoms with Gasteiger partial charge in [-0.15, -0.1) is 0 Å². The third-order valence-electron chi connectivity index (χ3n) is 5.19. The summed E-state index contributed by atoms with van der Waals surface area (Å²) in [6, 6.07) is 8.13. The van der Waals surface area contributed by atoms with Crippen LogP contribution in [0.15, 0.2) is 30.3 Å². The minimum atomic E-state index is -0.798. The average molecular weight is 331 g/mol. The van der Waals surface area contributed by atoms with Crippen molar-refractivity contribution in [2.24, 2.45) is 17.8 Å².